The molecule has 0 heteroatoms. The summed E-state index contributed by atoms with van der Waals surface area (Å²) in [4.78, 5) is 0. The summed E-state index contributed by atoms with van der Waals surface area (Å²) in [5.74, 6) is 0. The molecule has 0 saturated heterocycles. The van der Waals surface area contributed by atoms with Crippen LogP contribution < -0.4 is 0 Å². The quantitative estimate of drug-likeness (QED) is 0.657. The molecule has 0 heterocycles. The largest absolute Gasteiger partial charge is 0.0985 e. The van der Waals surface area contributed by atoms with Crippen LogP contribution in [0.3, 0.4) is 0 Å². The second-order valence-electron chi connectivity index (χ2n) is 3.46. The summed E-state index contributed by atoms with van der Waals surface area (Å²) >= 11 is 0. The Morgan fingerprint density at radius 3 is 2.79 bits per heavy atom. The number of benzene rings is 2. The van der Waals surface area contributed by atoms with Crippen molar-refractivity contribution in [2.45, 2.75) is 13.3 Å². The molecular formula is C14H14. The fraction of sp³-hybridized carbons (Fsp3) is 0.143. The molecule has 0 saturated carbocycles. The average Bonchev–Trinajstić information content (AvgIpc) is 2.27. The molecule has 2 aromatic carbocycles. The highest BCUT2D eigenvalue weighted by Crippen LogP contribution is 2.21. The second-order valence-corrected chi connectivity index (χ2v) is 3.46. The van der Waals surface area contributed by atoms with E-state index < -0.39 is 0 Å². The van der Waals surface area contributed by atoms with Crippen molar-refractivity contribution in [3.05, 3.63) is 54.1 Å². The van der Waals surface area contributed by atoms with E-state index in [-0.39, 0.29) is 0 Å². The van der Waals surface area contributed by atoms with Gasteiger partial charge < -0.3 is 0 Å². The molecule has 70 valence electrons. The third kappa shape index (κ3) is 1.44. The second kappa shape index (κ2) is 3.67. The maximum atomic E-state index is 3.79. The molecule has 0 radical (unpaired) electrons. The van der Waals surface area contributed by atoms with Gasteiger partial charge in [0.05, 0.1) is 0 Å². The predicted octanol–water partition coefficient (Wildman–Crippen LogP) is 4.05. The normalized spacial score (nSPS) is 10.4. The van der Waals surface area contributed by atoms with Crippen LogP contribution in [0.5, 0.6) is 0 Å². The lowest BCUT2D eigenvalue weighted by atomic mass is 10.0. The van der Waals surface area contributed by atoms with Gasteiger partial charge >= 0.3 is 0 Å². The minimum Gasteiger partial charge on any atom is -0.0985 e. The molecule has 2 aromatic rings. The summed E-state index contributed by atoms with van der Waals surface area (Å²) < 4.78 is 0. The lowest BCUT2D eigenvalue weighted by molar-refractivity contribution is 1.16. The highest BCUT2D eigenvalue weighted by Gasteiger charge is 1.98. The van der Waals surface area contributed by atoms with Crippen LogP contribution in [0.15, 0.2) is 43.0 Å². The van der Waals surface area contributed by atoms with Crippen molar-refractivity contribution in [1.82, 2.24) is 0 Å². The van der Waals surface area contributed by atoms with E-state index in [1.165, 1.54) is 21.9 Å². The summed E-state index contributed by atoms with van der Waals surface area (Å²) in [6.07, 6.45) is 2.98. The zero-order valence-corrected chi connectivity index (χ0v) is 8.46. The van der Waals surface area contributed by atoms with Crippen molar-refractivity contribution in [3.63, 3.8) is 0 Å². The van der Waals surface area contributed by atoms with Crippen molar-refractivity contribution in [1.29, 1.82) is 0 Å². The molecule has 2 rings (SSSR count). The molecule has 0 unspecified atom stereocenters. The summed E-state index contributed by atoms with van der Waals surface area (Å²) in [6, 6.07) is 12.9. The minimum atomic E-state index is 1.08. The monoisotopic (exact) mass is 182 g/mol. The maximum Gasteiger partial charge on any atom is -0.0146 e. The first kappa shape index (κ1) is 9.01. The molecule has 0 nitrogen and oxygen atoms in total. The van der Waals surface area contributed by atoms with Crippen molar-refractivity contribution in [3.8, 4) is 0 Å². The van der Waals surface area contributed by atoms with E-state index in [0.717, 1.165) is 6.42 Å². The van der Waals surface area contributed by atoms with Crippen LogP contribution in [-0.4, -0.2) is 0 Å². The van der Waals surface area contributed by atoms with E-state index >= 15 is 0 Å². The van der Waals surface area contributed by atoms with Gasteiger partial charge in [0.25, 0.3) is 0 Å². The maximum absolute atomic E-state index is 3.79. The number of rotatable bonds is 2. The van der Waals surface area contributed by atoms with Gasteiger partial charge in [-0.1, -0.05) is 49.9 Å². The Kier molecular flexibility index (Phi) is 2.36. The first-order valence-corrected chi connectivity index (χ1v) is 4.99. The van der Waals surface area contributed by atoms with Crippen molar-refractivity contribution in [2.75, 3.05) is 0 Å². The molecule has 14 heavy (non-hydrogen) atoms. The third-order valence-electron chi connectivity index (χ3n) is 2.61. The summed E-state index contributed by atoms with van der Waals surface area (Å²) in [5.41, 5.74) is 2.60. The molecule has 0 spiro atoms. The third-order valence-corrected chi connectivity index (χ3v) is 2.61. The van der Waals surface area contributed by atoms with Gasteiger partial charge in [0, 0.05) is 0 Å². The van der Waals surface area contributed by atoms with Gasteiger partial charge in [-0.25, -0.2) is 0 Å². The van der Waals surface area contributed by atoms with Crippen molar-refractivity contribution >= 4 is 16.8 Å². The van der Waals surface area contributed by atoms with Gasteiger partial charge in [0.1, 0.15) is 0 Å². The zero-order chi connectivity index (χ0) is 9.97. The van der Waals surface area contributed by atoms with E-state index in [0.29, 0.717) is 0 Å². The minimum absolute atomic E-state index is 1.08. The molecule has 0 bridgehead atoms. The SMILES string of the molecule is C=Cc1ccc2cccc(CC)c2c1. The van der Waals surface area contributed by atoms with Gasteiger partial charge in [-0.2, -0.15) is 0 Å². The fourth-order valence-corrected chi connectivity index (χ4v) is 1.79. The smallest absolute Gasteiger partial charge is 0.0146 e. The van der Waals surface area contributed by atoms with Gasteiger partial charge in [-0.3, -0.25) is 0 Å². The predicted molar refractivity (Wildman–Crippen MR) is 63.4 cm³/mol. The molecule has 0 N–H and O–H groups in total. The van der Waals surface area contributed by atoms with Gasteiger partial charge in [-0.05, 0) is 34.4 Å². The molecule has 0 fully saturated rings. The highest BCUT2D eigenvalue weighted by atomic mass is 14.0. The molecule has 0 aromatic heterocycles. The standard InChI is InChI=1S/C14H14/c1-3-11-8-9-13-7-5-6-12(4-2)14(13)10-11/h3,5-10H,1,4H2,2H3. The molecular weight excluding hydrogens is 168 g/mol. The molecule has 0 atom stereocenters. The average molecular weight is 182 g/mol. The van der Waals surface area contributed by atoms with E-state index in [1.807, 2.05) is 6.08 Å². The van der Waals surface area contributed by atoms with Crippen LogP contribution in [0.1, 0.15) is 18.1 Å². The van der Waals surface area contributed by atoms with Gasteiger partial charge in [-0.15, -0.1) is 0 Å². The summed E-state index contributed by atoms with van der Waals surface area (Å²) in [7, 11) is 0. The Morgan fingerprint density at radius 2 is 2.07 bits per heavy atom. The molecule has 0 aliphatic carbocycles. The van der Waals surface area contributed by atoms with Crippen LogP contribution in [0.2, 0.25) is 0 Å². The fourth-order valence-electron chi connectivity index (χ4n) is 1.79. The van der Waals surface area contributed by atoms with Gasteiger partial charge in [0.2, 0.25) is 0 Å². The Bertz CT molecular complexity index is 466. The number of aryl methyl sites for hydroxylation is 1. The lowest BCUT2D eigenvalue weighted by Crippen LogP contribution is -1.83. The molecule has 0 aliphatic heterocycles. The first-order valence-electron chi connectivity index (χ1n) is 4.99. The number of hydrogen-bond acceptors (Lipinski definition) is 0. The van der Waals surface area contributed by atoms with Crippen LogP contribution in [0.25, 0.3) is 16.8 Å². The molecule has 0 aliphatic rings. The Hall–Kier alpha value is -1.56. The zero-order valence-electron chi connectivity index (χ0n) is 8.46. The van der Waals surface area contributed by atoms with Crippen LogP contribution >= 0.6 is 0 Å². The number of hydrogen-bond donors (Lipinski definition) is 0. The molecule has 0 amide bonds. The van der Waals surface area contributed by atoms with Crippen LogP contribution in [-0.2, 0) is 6.42 Å². The van der Waals surface area contributed by atoms with Crippen LogP contribution in [0, 0.1) is 0 Å². The van der Waals surface area contributed by atoms with E-state index in [1.54, 1.807) is 0 Å². The van der Waals surface area contributed by atoms with E-state index in [4.69, 9.17) is 0 Å². The van der Waals surface area contributed by atoms with Crippen molar-refractivity contribution < 1.29 is 0 Å². The topological polar surface area (TPSA) is 0 Å². The lowest BCUT2D eigenvalue weighted by Gasteiger charge is -2.04. The first-order chi connectivity index (χ1) is 6.85. The number of fused-ring (bicyclic) bond motifs is 1. The highest BCUT2D eigenvalue weighted by molar-refractivity contribution is 5.87. The Morgan fingerprint density at radius 1 is 1.21 bits per heavy atom. The van der Waals surface area contributed by atoms with Gasteiger partial charge in [0.15, 0.2) is 0 Å². The summed E-state index contributed by atoms with van der Waals surface area (Å²) in [5, 5.41) is 2.67. The van der Waals surface area contributed by atoms with Crippen LogP contribution in [0.4, 0.5) is 0 Å². The van der Waals surface area contributed by atoms with Crippen molar-refractivity contribution in [2.24, 2.45) is 0 Å². The Balaban J connectivity index is 2.76. The summed E-state index contributed by atoms with van der Waals surface area (Å²) in [6.45, 7) is 5.98. The Labute approximate surface area is 84.9 Å². The van der Waals surface area contributed by atoms with E-state index in [2.05, 4.69) is 49.9 Å². The van der Waals surface area contributed by atoms with E-state index in [9.17, 15) is 0 Å².